The topological polar surface area (TPSA) is 47.6 Å². The number of rotatable bonds is 5. The van der Waals surface area contributed by atoms with Crippen molar-refractivity contribution in [1.29, 1.82) is 0 Å². The number of nitrogens with one attached hydrogen (secondary N) is 1. The summed E-state index contributed by atoms with van der Waals surface area (Å²) in [5, 5.41) is 3.12. The van der Waals surface area contributed by atoms with Gasteiger partial charge >= 0.3 is 5.97 Å². The highest BCUT2D eigenvalue weighted by molar-refractivity contribution is 9.10. The van der Waals surface area contributed by atoms with Crippen LogP contribution < -0.4 is 5.32 Å². The van der Waals surface area contributed by atoms with Crippen LogP contribution in [0.25, 0.3) is 0 Å². The molecule has 0 amide bonds. The number of hydrogen-bond acceptors (Lipinski definition) is 4. The predicted molar refractivity (Wildman–Crippen MR) is 70.1 cm³/mol. The minimum Gasteiger partial charge on any atom is -0.467 e. The largest absolute Gasteiger partial charge is 0.467 e. The number of hydrogen-bond donors (Lipinski definition) is 1. The minimum absolute atomic E-state index is 0.228. The lowest BCUT2D eigenvalue weighted by Gasteiger charge is -2.28. The first kappa shape index (κ1) is 14.0. The molecule has 4 nitrogen and oxygen atoms in total. The van der Waals surface area contributed by atoms with Gasteiger partial charge < -0.3 is 14.8 Å². The van der Waals surface area contributed by atoms with Crippen molar-refractivity contribution in [3.63, 3.8) is 0 Å². The molecule has 0 saturated heterocycles. The van der Waals surface area contributed by atoms with Gasteiger partial charge in [-0.15, -0.1) is 0 Å². The van der Waals surface area contributed by atoms with Crippen LogP contribution in [-0.2, 0) is 14.3 Å². The third-order valence-electron chi connectivity index (χ3n) is 2.31. The van der Waals surface area contributed by atoms with E-state index in [1.165, 1.54) is 7.11 Å². The minimum atomic E-state index is -0.899. The average molecular weight is 302 g/mol. The molecular formula is C12H16BrNO3. The summed E-state index contributed by atoms with van der Waals surface area (Å²) in [6, 6.07) is 7.56. The summed E-state index contributed by atoms with van der Waals surface area (Å²) in [5.74, 6) is -0.362. The maximum atomic E-state index is 11.7. The zero-order valence-corrected chi connectivity index (χ0v) is 11.7. The van der Waals surface area contributed by atoms with E-state index in [0.717, 1.165) is 10.2 Å². The molecule has 1 aromatic carbocycles. The first-order chi connectivity index (χ1) is 8.01. The Morgan fingerprint density at radius 2 is 2.18 bits per heavy atom. The molecule has 0 aliphatic carbocycles. The summed E-state index contributed by atoms with van der Waals surface area (Å²) in [7, 11) is 2.91. The summed E-state index contributed by atoms with van der Waals surface area (Å²) >= 11 is 3.38. The Labute approximate surface area is 109 Å². The van der Waals surface area contributed by atoms with Gasteiger partial charge in [-0.1, -0.05) is 22.0 Å². The van der Waals surface area contributed by atoms with Crippen molar-refractivity contribution in [1.82, 2.24) is 0 Å². The van der Waals surface area contributed by atoms with Gasteiger partial charge in [0.1, 0.15) is 0 Å². The number of halogens is 1. The van der Waals surface area contributed by atoms with E-state index in [4.69, 9.17) is 9.47 Å². The SMILES string of the molecule is COCC(C)(Nc1cccc(Br)c1)C(=O)OC. The number of carbonyl (C=O) groups is 1. The van der Waals surface area contributed by atoms with Gasteiger partial charge in [0.25, 0.3) is 0 Å². The lowest BCUT2D eigenvalue weighted by molar-refractivity contribution is -0.147. The van der Waals surface area contributed by atoms with Crippen LogP contribution in [0.2, 0.25) is 0 Å². The molecule has 0 heterocycles. The summed E-state index contributed by atoms with van der Waals surface area (Å²) in [6.07, 6.45) is 0. The quantitative estimate of drug-likeness (QED) is 0.849. The van der Waals surface area contributed by atoms with E-state index in [9.17, 15) is 4.79 Å². The van der Waals surface area contributed by atoms with Crippen LogP contribution in [0, 0.1) is 0 Å². The molecular weight excluding hydrogens is 286 g/mol. The molecule has 0 radical (unpaired) electrons. The Morgan fingerprint density at radius 3 is 2.71 bits per heavy atom. The second-order valence-electron chi connectivity index (χ2n) is 3.89. The molecule has 5 heteroatoms. The van der Waals surface area contributed by atoms with Crippen LogP contribution in [0.3, 0.4) is 0 Å². The van der Waals surface area contributed by atoms with Crippen molar-refractivity contribution in [2.45, 2.75) is 12.5 Å². The standard InChI is InChI=1S/C12H16BrNO3/c1-12(8-16-2,11(15)17-3)14-10-6-4-5-9(13)7-10/h4-7,14H,8H2,1-3H3. The van der Waals surface area contributed by atoms with Crippen LogP contribution >= 0.6 is 15.9 Å². The molecule has 0 saturated carbocycles. The fourth-order valence-electron chi connectivity index (χ4n) is 1.54. The molecule has 0 fully saturated rings. The van der Waals surface area contributed by atoms with Crippen LogP contribution in [0.5, 0.6) is 0 Å². The summed E-state index contributed by atoms with van der Waals surface area (Å²) in [5.41, 5.74) is -0.0751. The van der Waals surface area contributed by atoms with E-state index in [2.05, 4.69) is 21.2 Å². The number of anilines is 1. The van der Waals surface area contributed by atoms with Crippen LogP contribution in [-0.4, -0.2) is 32.3 Å². The lowest BCUT2D eigenvalue weighted by atomic mass is 10.0. The third-order valence-corrected chi connectivity index (χ3v) is 2.81. The molecule has 0 spiro atoms. The summed E-state index contributed by atoms with van der Waals surface area (Å²) < 4.78 is 10.8. The zero-order chi connectivity index (χ0) is 12.9. The number of ether oxygens (including phenoxy) is 2. The van der Waals surface area contributed by atoms with E-state index in [1.54, 1.807) is 14.0 Å². The van der Waals surface area contributed by atoms with Gasteiger partial charge in [-0.2, -0.15) is 0 Å². The fourth-order valence-corrected chi connectivity index (χ4v) is 1.94. The Balaban J connectivity index is 2.90. The van der Waals surface area contributed by atoms with Crippen molar-refractivity contribution >= 4 is 27.6 Å². The second kappa shape index (κ2) is 6.02. The molecule has 1 unspecified atom stereocenters. The molecule has 94 valence electrons. The molecule has 0 aromatic heterocycles. The number of methoxy groups -OCH3 is 2. The maximum absolute atomic E-state index is 11.7. The highest BCUT2D eigenvalue weighted by Gasteiger charge is 2.34. The van der Waals surface area contributed by atoms with Crippen molar-refractivity contribution < 1.29 is 14.3 Å². The van der Waals surface area contributed by atoms with E-state index >= 15 is 0 Å². The lowest BCUT2D eigenvalue weighted by Crippen LogP contribution is -2.48. The molecule has 1 N–H and O–H groups in total. The van der Waals surface area contributed by atoms with Crippen molar-refractivity contribution in [2.24, 2.45) is 0 Å². The highest BCUT2D eigenvalue weighted by Crippen LogP contribution is 2.21. The van der Waals surface area contributed by atoms with E-state index in [0.29, 0.717) is 0 Å². The number of benzene rings is 1. The Kier molecular flexibility index (Phi) is 4.96. The zero-order valence-electron chi connectivity index (χ0n) is 10.1. The highest BCUT2D eigenvalue weighted by atomic mass is 79.9. The van der Waals surface area contributed by atoms with E-state index < -0.39 is 5.54 Å². The van der Waals surface area contributed by atoms with Gasteiger partial charge in [0.15, 0.2) is 5.54 Å². The Hall–Kier alpha value is -1.07. The summed E-state index contributed by atoms with van der Waals surface area (Å²) in [6.45, 7) is 1.97. The van der Waals surface area contributed by atoms with Crippen molar-refractivity contribution in [3.8, 4) is 0 Å². The molecule has 0 bridgehead atoms. The maximum Gasteiger partial charge on any atom is 0.333 e. The van der Waals surface area contributed by atoms with Crippen LogP contribution in [0.4, 0.5) is 5.69 Å². The molecule has 1 atom stereocenters. The Bertz CT molecular complexity index is 397. The van der Waals surface area contributed by atoms with Gasteiger partial charge in [0.05, 0.1) is 13.7 Å². The molecule has 17 heavy (non-hydrogen) atoms. The number of esters is 1. The van der Waals surface area contributed by atoms with Gasteiger partial charge in [-0.3, -0.25) is 0 Å². The van der Waals surface area contributed by atoms with E-state index in [1.807, 2.05) is 24.3 Å². The summed E-state index contributed by atoms with van der Waals surface area (Å²) in [4.78, 5) is 11.7. The number of carbonyl (C=O) groups excluding carboxylic acids is 1. The van der Waals surface area contributed by atoms with Gasteiger partial charge in [0.2, 0.25) is 0 Å². The molecule has 0 aliphatic heterocycles. The normalized spacial score (nSPS) is 13.9. The fraction of sp³-hybridized carbons (Fsp3) is 0.417. The van der Waals surface area contributed by atoms with Gasteiger partial charge in [-0.25, -0.2) is 4.79 Å². The monoisotopic (exact) mass is 301 g/mol. The van der Waals surface area contributed by atoms with Gasteiger partial charge in [-0.05, 0) is 25.1 Å². The molecule has 1 rings (SSSR count). The first-order valence-electron chi connectivity index (χ1n) is 5.13. The predicted octanol–water partition coefficient (Wildman–Crippen LogP) is 2.44. The molecule has 1 aromatic rings. The first-order valence-corrected chi connectivity index (χ1v) is 5.92. The molecule has 0 aliphatic rings. The Morgan fingerprint density at radius 1 is 1.47 bits per heavy atom. The average Bonchev–Trinajstić information content (AvgIpc) is 2.28. The van der Waals surface area contributed by atoms with Crippen molar-refractivity contribution in [3.05, 3.63) is 28.7 Å². The third kappa shape index (κ3) is 3.71. The second-order valence-corrected chi connectivity index (χ2v) is 4.81. The van der Waals surface area contributed by atoms with Crippen LogP contribution in [0.1, 0.15) is 6.92 Å². The smallest absolute Gasteiger partial charge is 0.333 e. The van der Waals surface area contributed by atoms with Crippen molar-refractivity contribution in [2.75, 3.05) is 26.1 Å². The van der Waals surface area contributed by atoms with E-state index in [-0.39, 0.29) is 12.6 Å². The van der Waals surface area contributed by atoms with Gasteiger partial charge in [0, 0.05) is 17.3 Å². The van der Waals surface area contributed by atoms with Crippen LogP contribution in [0.15, 0.2) is 28.7 Å².